The van der Waals surface area contributed by atoms with Crippen molar-refractivity contribution in [2.24, 2.45) is 5.92 Å². The SMILES string of the molecule is O=C(OC(C1CCCCC1)C(F)(F)C(=O)O)c1cc(I)cc(I)c1OC(=O)C(F)(F)F. The number of carboxylic acids is 1. The van der Waals surface area contributed by atoms with Crippen LogP contribution in [0.5, 0.6) is 5.75 Å². The highest BCUT2D eigenvalue weighted by molar-refractivity contribution is 14.1. The van der Waals surface area contributed by atoms with Crippen molar-refractivity contribution in [3.05, 3.63) is 24.8 Å². The van der Waals surface area contributed by atoms with Crippen molar-refractivity contribution in [3.8, 4) is 5.75 Å². The Labute approximate surface area is 200 Å². The van der Waals surface area contributed by atoms with Gasteiger partial charge < -0.3 is 14.6 Å². The fourth-order valence-corrected chi connectivity index (χ4v) is 5.12. The molecule has 0 spiro atoms. The molecule has 0 radical (unpaired) electrons. The third kappa shape index (κ3) is 6.38. The third-order valence-corrected chi connectivity index (χ3v) is 6.03. The summed E-state index contributed by atoms with van der Waals surface area (Å²) in [4.78, 5) is 35.1. The van der Waals surface area contributed by atoms with Gasteiger partial charge in [0.15, 0.2) is 11.9 Å². The lowest BCUT2D eigenvalue weighted by atomic mass is 9.83. The largest absolute Gasteiger partial charge is 0.491 e. The number of rotatable bonds is 6. The van der Waals surface area contributed by atoms with Gasteiger partial charge in [-0.15, -0.1) is 0 Å². The monoisotopic (exact) mass is 676 g/mol. The van der Waals surface area contributed by atoms with E-state index in [1.165, 1.54) is 28.7 Å². The van der Waals surface area contributed by atoms with Crippen LogP contribution in [0.25, 0.3) is 0 Å². The molecule has 1 saturated carbocycles. The molecule has 6 nitrogen and oxygen atoms in total. The zero-order valence-corrected chi connectivity index (χ0v) is 19.8. The highest BCUT2D eigenvalue weighted by Gasteiger charge is 2.54. The van der Waals surface area contributed by atoms with Crippen LogP contribution in [0.1, 0.15) is 42.5 Å². The molecule has 0 aliphatic heterocycles. The maximum Gasteiger partial charge on any atom is 0.491 e. The van der Waals surface area contributed by atoms with Gasteiger partial charge >= 0.3 is 30.0 Å². The Bertz CT molecular complexity index is 868. The van der Waals surface area contributed by atoms with Crippen molar-refractivity contribution < 1.29 is 50.9 Å². The van der Waals surface area contributed by atoms with Crippen LogP contribution in [0, 0.1) is 13.1 Å². The van der Waals surface area contributed by atoms with Crippen LogP contribution in [0.4, 0.5) is 22.0 Å². The number of ether oxygens (including phenoxy) is 2. The molecule has 1 N–H and O–H groups in total. The third-order valence-electron chi connectivity index (χ3n) is 4.61. The summed E-state index contributed by atoms with van der Waals surface area (Å²) in [7, 11) is 0. The van der Waals surface area contributed by atoms with Crippen molar-refractivity contribution in [2.75, 3.05) is 0 Å². The number of carbonyl (C=O) groups is 3. The predicted octanol–water partition coefficient (Wildman–Crippen LogP) is 5.19. The topological polar surface area (TPSA) is 89.9 Å². The summed E-state index contributed by atoms with van der Waals surface area (Å²) in [6.45, 7) is 0. The first-order valence-electron chi connectivity index (χ1n) is 8.85. The summed E-state index contributed by atoms with van der Waals surface area (Å²) >= 11 is 3.23. The molecule has 1 aromatic carbocycles. The van der Waals surface area contributed by atoms with Crippen LogP contribution in [-0.4, -0.2) is 41.2 Å². The highest BCUT2D eigenvalue weighted by atomic mass is 127. The summed E-state index contributed by atoms with van der Waals surface area (Å²) in [5.41, 5.74) is -0.698. The van der Waals surface area contributed by atoms with E-state index in [9.17, 15) is 36.3 Å². The van der Waals surface area contributed by atoms with E-state index < -0.39 is 53.3 Å². The number of hydrogen-bond donors (Lipinski definition) is 1. The number of benzene rings is 1. The smallest absolute Gasteiger partial charge is 0.477 e. The van der Waals surface area contributed by atoms with E-state index in [1.807, 2.05) is 0 Å². The van der Waals surface area contributed by atoms with Crippen LogP contribution in [-0.2, 0) is 14.3 Å². The first-order valence-corrected chi connectivity index (χ1v) is 11.0. The van der Waals surface area contributed by atoms with E-state index in [-0.39, 0.29) is 16.4 Å². The Morgan fingerprint density at radius 2 is 1.61 bits per heavy atom. The van der Waals surface area contributed by atoms with Gasteiger partial charge in [0.1, 0.15) is 5.56 Å². The normalized spacial score (nSPS) is 16.5. The second kappa shape index (κ2) is 10.1. The molecule has 1 aromatic rings. The molecular weight excluding hydrogens is 661 g/mol. The minimum atomic E-state index is -5.37. The molecule has 1 atom stereocenters. The summed E-state index contributed by atoms with van der Waals surface area (Å²) in [6.07, 6.45) is -5.49. The number of hydrogen-bond acceptors (Lipinski definition) is 5. The van der Waals surface area contributed by atoms with Gasteiger partial charge in [-0.25, -0.2) is 14.4 Å². The second-order valence-electron chi connectivity index (χ2n) is 6.80. The molecule has 0 heterocycles. The Morgan fingerprint density at radius 3 is 2.13 bits per heavy atom. The number of alkyl halides is 5. The van der Waals surface area contributed by atoms with E-state index >= 15 is 0 Å². The van der Waals surface area contributed by atoms with Crippen LogP contribution in [0.3, 0.4) is 0 Å². The zero-order valence-electron chi connectivity index (χ0n) is 15.5. The van der Waals surface area contributed by atoms with Gasteiger partial charge in [-0.3, -0.25) is 0 Å². The molecule has 0 saturated heterocycles. The first kappa shape index (κ1) is 26.0. The van der Waals surface area contributed by atoms with Gasteiger partial charge in [-0.1, -0.05) is 19.3 Å². The molecule has 0 aromatic heterocycles. The van der Waals surface area contributed by atoms with Gasteiger partial charge in [0.2, 0.25) is 0 Å². The van der Waals surface area contributed by atoms with E-state index in [1.54, 1.807) is 22.6 Å². The number of esters is 2. The molecule has 0 amide bonds. The Balaban J connectivity index is 2.43. The maximum atomic E-state index is 14.4. The van der Waals surface area contributed by atoms with Crippen LogP contribution < -0.4 is 4.74 Å². The van der Waals surface area contributed by atoms with Crippen molar-refractivity contribution in [3.63, 3.8) is 0 Å². The molecule has 1 aliphatic rings. The highest BCUT2D eigenvalue weighted by Crippen LogP contribution is 2.38. The number of carbonyl (C=O) groups excluding carboxylic acids is 2. The van der Waals surface area contributed by atoms with Crippen molar-refractivity contribution >= 4 is 63.1 Å². The minimum absolute atomic E-state index is 0.0757. The van der Waals surface area contributed by atoms with Gasteiger partial charge in [0.25, 0.3) is 0 Å². The fourth-order valence-electron chi connectivity index (χ4n) is 3.17. The lowest BCUT2D eigenvalue weighted by Crippen LogP contribution is -2.49. The molecule has 1 unspecified atom stereocenters. The van der Waals surface area contributed by atoms with Crippen molar-refractivity contribution in [2.45, 2.75) is 50.3 Å². The van der Waals surface area contributed by atoms with Crippen LogP contribution in [0.2, 0.25) is 0 Å². The summed E-state index contributed by atoms with van der Waals surface area (Å²) < 4.78 is 76.0. The second-order valence-corrected chi connectivity index (χ2v) is 9.21. The van der Waals surface area contributed by atoms with Gasteiger partial charge in [0.05, 0.1) is 3.57 Å². The summed E-state index contributed by atoms with van der Waals surface area (Å²) in [5, 5.41) is 8.94. The average molecular weight is 676 g/mol. The van der Waals surface area contributed by atoms with Gasteiger partial charge in [0, 0.05) is 9.49 Å². The predicted molar refractivity (Wildman–Crippen MR) is 112 cm³/mol. The lowest BCUT2D eigenvalue weighted by molar-refractivity contribution is -0.190. The van der Waals surface area contributed by atoms with Crippen LogP contribution in [0.15, 0.2) is 12.1 Å². The zero-order chi connectivity index (χ0) is 23.6. The number of aliphatic carboxylic acids is 1. The average Bonchev–Trinajstić information content (AvgIpc) is 2.67. The molecule has 0 bridgehead atoms. The Morgan fingerprint density at radius 1 is 1.03 bits per heavy atom. The van der Waals surface area contributed by atoms with E-state index in [2.05, 4.69) is 4.74 Å². The molecule has 2 rings (SSSR count). The maximum absolute atomic E-state index is 14.4. The van der Waals surface area contributed by atoms with E-state index in [0.29, 0.717) is 16.4 Å². The van der Waals surface area contributed by atoms with E-state index in [0.717, 1.165) is 12.5 Å². The number of halogens is 7. The quantitative estimate of drug-likeness (QED) is 0.193. The van der Waals surface area contributed by atoms with Crippen molar-refractivity contribution in [1.82, 2.24) is 0 Å². The first-order chi connectivity index (χ1) is 14.2. The molecule has 31 heavy (non-hydrogen) atoms. The summed E-state index contributed by atoms with van der Waals surface area (Å²) in [6, 6.07) is 2.29. The van der Waals surface area contributed by atoms with Crippen LogP contribution >= 0.6 is 45.2 Å². The standard InChI is InChI=1S/C18H15F5I2O6/c19-17(20,15(27)28)13(8-4-2-1-3-5-8)31-14(26)10-6-9(24)7-11(25)12(10)30-16(29)18(21,22)23/h6-8,13H,1-5H2,(H,27,28). The lowest BCUT2D eigenvalue weighted by Gasteiger charge is -2.33. The fraction of sp³-hybridized carbons (Fsp3) is 0.500. The molecular formula is C18H15F5I2O6. The Hall–Kier alpha value is -1.26. The van der Waals surface area contributed by atoms with E-state index in [4.69, 9.17) is 9.84 Å². The van der Waals surface area contributed by atoms with Crippen molar-refractivity contribution in [1.29, 1.82) is 0 Å². The van der Waals surface area contributed by atoms with Gasteiger partial charge in [-0.05, 0) is 70.2 Å². The number of carboxylic acid groups (broad SMARTS) is 1. The molecule has 1 fully saturated rings. The molecule has 172 valence electrons. The summed E-state index contributed by atoms with van der Waals surface area (Å²) in [5.74, 6) is -12.8. The molecule has 1 aliphatic carbocycles. The molecule has 13 heteroatoms. The Kier molecular flexibility index (Phi) is 8.49. The van der Waals surface area contributed by atoms with Gasteiger partial charge in [-0.2, -0.15) is 22.0 Å². The minimum Gasteiger partial charge on any atom is -0.477 e.